The number of aromatic nitrogens is 1. The van der Waals surface area contributed by atoms with Gasteiger partial charge in [-0.05, 0) is 25.3 Å². The number of aryl methyl sites for hydroxylation is 1. The number of hydrogen-bond donors (Lipinski definition) is 1. The van der Waals surface area contributed by atoms with E-state index in [-0.39, 0.29) is 24.0 Å². The lowest BCUT2D eigenvalue weighted by molar-refractivity contribution is 0.378. The first-order valence-corrected chi connectivity index (χ1v) is 8.82. The van der Waals surface area contributed by atoms with Gasteiger partial charge in [-0.1, -0.05) is 42.4 Å². The number of hydrogen-bond acceptors (Lipinski definition) is 3. The quantitative estimate of drug-likeness (QED) is 0.424. The van der Waals surface area contributed by atoms with Crippen molar-refractivity contribution in [2.24, 2.45) is 4.99 Å². The SMILES string of the molecule is CCNC(=NCc1cc(CC)no1)N1CCC(c2ccccc2)C1.I. The third-order valence-corrected chi connectivity index (χ3v) is 4.45. The van der Waals surface area contributed by atoms with Gasteiger partial charge in [-0.15, -0.1) is 24.0 Å². The third kappa shape index (κ3) is 5.20. The van der Waals surface area contributed by atoms with E-state index < -0.39 is 0 Å². The Morgan fingerprint density at radius 1 is 1.32 bits per heavy atom. The van der Waals surface area contributed by atoms with Gasteiger partial charge in [0.1, 0.15) is 6.54 Å². The minimum Gasteiger partial charge on any atom is -0.359 e. The van der Waals surface area contributed by atoms with Crippen molar-refractivity contribution >= 4 is 29.9 Å². The molecule has 2 aromatic rings. The van der Waals surface area contributed by atoms with Gasteiger partial charge in [0, 0.05) is 31.6 Å². The molecule has 0 radical (unpaired) electrons. The molecular formula is C19H27IN4O. The van der Waals surface area contributed by atoms with Gasteiger partial charge in [0.05, 0.1) is 5.69 Å². The second-order valence-electron chi connectivity index (χ2n) is 6.15. The molecular weight excluding hydrogens is 427 g/mol. The maximum absolute atomic E-state index is 5.33. The summed E-state index contributed by atoms with van der Waals surface area (Å²) in [4.78, 5) is 7.08. The number of benzene rings is 1. The van der Waals surface area contributed by atoms with E-state index in [1.54, 1.807) is 0 Å². The second-order valence-corrected chi connectivity index (χ2v) is 6.15. The van der Waals surface area contributed by atoms with Crippen LogP contribution in [0.4, 0.5) is 0 Å². The van der Waals surface area contributed by atoms with Gasteiger partial charge in [-0.2, -0.15) is 0 Å². The number of aliphatic imine (C=N–C) groups is 1. The molecule has 1 aromatic carbocycles. The zero-order valence-electron chi connectivity index (χ0n) is 14.9. The van der Waals surface area contributed by atoms with Gasteiger partial charge in [0.2, 0.25) is 0 Å². The molecule has 2 heterocycles. The van der Waals surface area contributed by atoms with Crippen LogP contribution < -0.4 is 5.32 Å². The molecule has 0 aliphatic carbocycles. The van der Waals surface area contributed by atoms with Crippen LogP contribution >= 0.6 is 24.0 Å². The summed E-state index contributed by atoms with van der Waals surface area (Å²) in [6, 6.07) is 12.7. The number of likely N-dealkylation sites (tertiary alicyclic amines) is 1. The van der Waals surface area contributed by atoms with Crippen LogP contribution in [0.15, 0.2) is 45.9 Å². The van der Waals surface area contributed by atoms with Crippen molar-refractivity contribution in [3.8, 4) is 0 Å². The number of guanidine groups is 1. The summed E-state index contributed by atoms with van der Waals surface area (Å²) in [5, 5.41) is 7.43. The molecule has 1 fully saturated rings. The van der Waals surface area contributed by atoms with Gasteiger partial charge < -0.3 is 14.7 Å². The Morgan fingerprint density at radius 2 is 2.12 bits per heavy atom. The highest BCUT2D eigenvalue weighted by Gasteiger charge is 2.25. The molecule has 0 saturated carbocycles. The van der Waals surface area contributed by atoms with E-state index in [2.05, 4.69) is 59.6 Å². The van der Waals surface area contributed by atoms with E-state index in [0.29, 0.717) is 12.5 Å². The maximum Gasteiger partial charge on any atom is 0.194 e. The molecule has 0 bridgehead atoms. The van der Waals surface area contributed by atoms with Crippen molar-refractivity contribution in [1.29, 1.82) is 0 Å². The highest BCUT2D eigenvalue weighted by molar-refractivity contribution is 14.0. The molecule has 1 aromatic heterocycles. The van der Waals surface area contributed by atoms with Crippen molar-refractivity contribution in [2.75, 3.05) is 19.6 Å². The summed E-state index contributed by atoms with van der Waals surface area (Å²) >= 11 is 0. The summed E-state index contributed by atoms with van der Waals surface area (Å²) in [6.07, 6.45) is 2.05. The fraction of sp³-hybridized carbons (Fsp3) is 0.474. The van der Waals surface area contributed by atoms with Crippen LogP contribution in [0.25, 0.3) is 0 Å². The summed E-state index contributed by atoms with van der Waals surface area (Å²) in [7, 11) is 0. The zero-order valence-corrected chi connectivity index (χ0v) is 17.3. The average Bonchev–Trinajstić information content (AvgIpc) is 3.29. The molecule has 1 saturated heterocycles. The molecule has 136 valence electrons. The van der Waals surface area contributed by atoms with Crippen molar-refractivity contribution in [3.63, 3.8) is 0 Å². The zero-order chi connectivity index (χ0) is 16.8. The van der Waals surface area contributed by atoms with Gasteiger partial charge in [0.25, 0.3) is 0 Å². The van der Waals surface area contributed by atoms with Crippen LogP contribution in [0.3, 0.4) is 0 Å². The van der Waals surface area contributed by atoms with Gasteiger partial charge in [0.15, 0.2) is 11.7 Å². The van der Waals surface area contributed by atoms with Crippen molar-refractivity contribution < 1.29 is 4.52 Å². The summed E-state index contributed by atoms with van der Waals surface area (Å²) in [5.74, 6) is 2.36. The number of nitrogens with one attached hydrogen (secondary N) is 1. The smallest absolute Gasteiger partial charge is 0.194 e. The third-order valence-electron chi connectivity index (χ3n) is 4.45. The van der Waals surface area contributed by atoms with E-state index in [4.69, 9.17) is 9.52 Å². The number of nitrogens with zero attached hydrogens (tertiary/aromatic N) is 3. The van der Waals surface area contributed by atoms with Crippen LogP contribution in [0.2, 0.25) is 0 Å². The second kappa shape index (κ2) is 9.79. The van der Waals surface area contributed by atoms with E-state index in [1.165, 1.54) is 5.56 Å². The van der Waals surface area contributed by atoms with Crippen molar-refractivity contribution in [3.05, 3.63) is 53.4 Å². The Labute approximate surface area is 166 Å². The van der Waals surface area contributed by atoms with Crippen LogP contribution in [0, 0.1) is 0 Å². The number of rotatable bonds is 5. The van der Waals surface area contributed by atoms with Crippen LogP contribution in [0.5, 0.6) is 0 Å². The topological polar surface area (TPSA) is 53.7 Å². The van der Waals surface area contributed by atoms with Gasteiger partial charge >= 0.3 is 0 Å². The molecule has 0 spiro atoms. The van der Waals surface area contributed by atoms with E-state index in [0.717, 1.165) is 49.9 Å². The van der Waals surface area contributed by atoms with Crippen molar-refractivity contribution in [1.82, 2.24) is 15.4 Å². The lowest BCUT2D eigenvalue weighted by Gasteiger charge is -2.21. The largest absolute Gasteiger partial charge is 0.359 e. The molecule has 1 unspecified atom stereocenters. The van der Waals surface area contributed by atoms with E-state index >= 15 is 0 Å². The monoisotopic (exact) mass is 454 g/mol. The maximum atomic E-state index is 5.33. The molecule has 1 N–H and O–H groups in total. The van der Waals surface area contributed by atoms with Crippen LogP contribution in [-0.4, -0.2) is 35.7 Å². The molecule has 0 amide bonds. The summed E-state index contributed by atoms with van der Waals surface area (Å²) in [6.45, 7) is 7.60. The predicted octanol–water partition coefficient (Wildman–Crippen LogP) is 3.81. The first kappa shape index (κ1) is 19.8. The predicted molar refractivity (Wildman–Crippen MR) is 111 cm³/mol. The molecule has 25 heavy (non-hydrogen) atoms. The minimum atomic E-state index is 0. The standard InChI is InChI=1S/C19H26N4O.HI/c1-3-17-12-18(24-22-17)13-21-19(20-4-2)23-11-10-16(14-23)15-8-6-5-7-9-15;/h5-9,12,16H,3-4,10-11,13-14H2,1-2H3,(H,20,21);1H. The van der Waals surface area contributed by atoms with E-state index in [1.807, 2.05) is 6.07 Å². The highest BCUT2D eigenvalue weighted by atomic mass is 127. The summed E-state index contributed by atoms with van der Waals surface area (Å²) in [5.41, 5.74) is 2.40. The fourth-order valence-electron chi connectivity index (χ4n) is 3.13. The summed E-state index contributed by atoms with van der Waals surface area (Å²) < 4.78 is 5.33. The molecule has 1 aliphatic heterocycles. The fourth-order valence-corrected chi connectivity index (χ4v) is 3.13. The molecule has 5 nitrogen and oxygen atoms in total. The van der Waals surface area contributed by atoms with Gasteiger partial charge in [-0.25, -0.2) is 4.99 Å². The Hall–Kier alpha value is -1.57. The molecule has 1 atom stereocenters. The first-order valence-electron chi connectivity index (χ1n) is 8.82. The van der Waals surface area contributed by atoms with Crippen LogP contribution in [-0.2, 0) is 13.0 Å². The minimum absolute atomic E-state index is 0. The molecule has 3 rings (SSSR count). The average molecular weight is 454 g/mol. The Bertz CT molecular complexity index is 671. The number of halogens is 1. The lowest BCUT2D eigenvalue weighted by atomic mass is 9.99. The molecule has 6 heteroatoms. The van der Waals surface area contributed by atoms with Gasteiger partial charge in [-0.3, -0.25) is 0 Å². The Kier molecular flexibility index (Phi) is 7.74. The Balaban J connectivity index is 0.00000225. The lowest BCUT2D eigenvalue weighted by Crippen LogP contribution is -2.40. The van der Waals surface area contributed by atoms with E-state index in [9.17, 15) is 0 Å². The highest BCUT2D eigenvalue weighted by Crippen LogP contribution is 2.26. The van der Waals surface area contributed by atoms with Crippen molar-refractivity contribution in [2.45, 2.75) is 39.2 Å². The first-order chi connectivity index (χ1) is 11.8. The Morgan fingerprint density at radius 3 is 2.80 bits per heavy atom. The normalized spacial score (nSPS) is 17.4. The molecule has 1 aliphatic rings. The van der Waals surface area contributed by atoms with Crippen LogP contribution in [0.1, 0.15) is 43.2 Å².